The Labute approximate surface area is 122 Å². The minimum atomic E-state index is -0.190. The van der Waals surface area contributed by atoms with E-state index in [4.69, 9.17) is 4.74 Å². The van der Waals surface area contributed by atoms with E-state index < -0.39 is 0 Å². The van der Waals surface area contributed by atoms with Crippen LogP contribution in [0.1, 0.15) is 18.7 Å². The maximum atomic E-state index is 12.3. The maximum absolute atomic E-state index is 12.3. The number of rotatable bonds is 4. The van der Waals surface area contributed by atoms with E-state index in [0.717, 1.165) is 37.0 Å². The molecule has 0 aliphatic carbocycles. The first-order valence-electron chi connectivity index (χ1n) is 7.14. The van der Waals surface area contributed by atoms with Crippen LogP contribution in [-0.4, -0.2) is 45.7 Å². The average Bonchev–Trinajstić information content (AvgIpc) is 3.14. The van der Waals surface area contributed by atoms with E-state index in [-0.39, 0.29) is 19.1 Å². The van der Waals surface area contributed by atoms with Gasteiger partial charge in [-0.25, -0.2) is 4.98 Å². The number of methoxy groups -OCH3 is 1. The number of hydrogen-bond donors (Lipinski definition) is 1. The number of benzene rings is 1. The molecule has 0 saturated carbocycles. The highest BCUT2D eigenvalue weighted by molar-refractivity contribution is 5.82. The van der Waals surface area contributed by atoms with Crippen LogP contribution in [0.4, 0.5) is 0 Å². The van der Waals surface area contributed by atoms with Crippen LogP contribution in [0.5, 0.6) is 5.75 Å². The van der Waals surface area contributed by atoms with Crippen LogP contribution in [0.15, 0.2) is 18.2 Å². The first-order chi connectivity index (χ1) is 10.2. The van der Waals surface area contributed by atoms with E-state index in [2.05, 4.69) is 4.98 Å². The van der Waals surface area contributed by atoms with Crippen LogP contribution in [0, 0.1) is 0 Å². The first-order valence-corrected chi connectivity index (χ1v) is 7.14. The number of nitrogens with zero attached hydrogens (tertiary/aromatic N) is 3. The Morgan fingerprint density at radius 1 is 1.38 bits per heavy atom. The number of carbonyl (C=O) groups excluding carboxylic acids is 1. The second kappa shape index (κ2) is 5.73. The zero-order chi connectivity index (χ0) is 14.8. The molecule has 6 heteroatoms. The summed E-state index contributed by atoms with van der Waals surface area (Å²) in [5, 5.41) is 9.48. The summed E-state index contributed by atoms with van der Waals surface area (Å²) in [5.74, 6) is 1.30. The van der Waals surface area contributed by atoms with Crippen molar-refractivity contribution in [2.45, 2.75) is 26.0 Å². The van der Waals surface area contributed by atoms with Crippen molar-refractivity contribution in [1.82, 2.24) is 14.5 Å². The highest BCUT2D eigenvalue weighted by atomic mass is 16.5. The van der Waals surface area contributed by atoms with E-state index in [1.54, 1.807) is 11.7 Å². The molecule has 1 saturated heterocycles. The number of ether oxygens (including phenoxy) is 1. The smallest absolute Gasteiger partial charge is 0.242 e. The number of aromatic nitrogens is 2. The molecule has 1 aromatic heterocycles. The summed E-state index contributed by atoms with van der Waals surface area (Å²) in [5.41, 5.74) is 1.57. The van der Waals surface area contributed by atoms with Crippen LogP contribution in [0.2, 0.25) is 0 Å². The highest BCUT2D eigenvalue weighted by Gasteiger charge is 2.20. The zero-order valence-electron chi connectivity index (χ0n) is 12.1. The number of fused-ring (bicyclic) bond motifs is 1. The third-order valence-corrected chi connectivity index (χ3v) is 3.93. The van der Waals surface area contributed by atoms with Crippen molar-refractivity contribution in [1.29, 1.82) is 0 Å². The third kappa shape index (κ3) is 2.58. The van der Waals surface area contributed by atoms with Gasteiger partial charge >= 0.3 is 0 Å². The molecule has 0 atom stereocenters. The lowest BCUT2D eigenvalue weighted by Gasteiger charge is -2.16. The van der Waals surface area contributed by atoms with Crippen LogP contribution >= 0.6 is 0 Å². The summed E-state index contributed by atoms with van der Waals surface area (Å²) >= 11 is 0. The molecule has 0 unspecified atom stereocenters. The number of hydrogen-bond acceptors (Lipinski definition) is 4. The predicted octanol–water partition coefficient (Wildman–Crippen LogP) is 1.16. The Morgan fingerprint density at radius 3 is 2.81 bits per heavy atom. The van der Waals surface area contributed by atoms with E-state index in [1.807, 2.05) is 23.1 Å². The molecule has 1 amide bonds. The van der Waals surface area contributed by atoms with Crippen molar-refractivity contribution < 1.29 is 14.6 Å². The molecular formula is C15H19N3O3. The monoisotopic (exact) mass is 289 g/mol. The Kier molecular flexibility index (Phi) is 3.79. The largest absolute Gasteiger partial charge is 0.497 e. The molecule has 1 aliphatic heterocycles. The number of likely N-dealkylation sites (tertiary alicyclic amines) is 1. The normalized spacial score (nSPS) is 14.9. The van der Waals surface area contributed by atoms with E-state index in [0.29, 0.717) is 11.6 Å². The third-order valence-electron chi connectivity index (χ3n) is 3.93. The summed E-state index contributed by atoms with van der Waals surface area (Å²) < 4.78 is 6.97. The van der Waals surface area contributed by atoms with E-state index >= 15 is 0 Å². The molecule has 2 aromatic rings. The quantitative estimate of drug-likeness (QED) is 0.917. The van der Waals surface area contributed by atoms with Crippen LogP contribution in [0.3, 0.4) is 0 Å². The molecule has 3 rings (SSSR count). The van der Waals surface area contributed by atoms with Crippen molar-refractivity contribution in [3.05, 3.63) is 24.0 Å². The standard InChI is InChI=1S/C15H19N3O3/c1-21-11-4-5-13-12(8-11)16-14(10-19)18(13)9-15(20)17-6-2-3-7-17/h4-5,8,19H,2-3,6-7,9-10H2,1H3. The minimum absolute atomic E-state index is 0.0809. The molecule has 0 spiro atoms. The van der Waals surface area contributed by atoms with Gasteiger partial charge in [-0.2, -0.15) is 0 Å². The number of amides is 1. The molecule has 2 heterocycles. The lowest BCUT2D eigenvalue weighted by Crippen LogP contribution is -2.31. The van der Waals surface area contributed by atoms with Gasteiger partial charge in [0.2, 0.25) is 5.91 Å². The summed E-state index contributed by atoms with van der Waals surface area (Å²) in [6.07, 6.45) is 2.14. The average molecular weight is 289 g/mol. The van der Waals surface area contributed by atoms with Gasteiger partial charge in [-0.15, -0.1) is 0 Å². The van der Waals surface area contributed by atoms with Crippen LogP contribution in [-0.2, 0) is 17.9 Å². The molecule has 1 aromatic carbocycles. The molecule has 21 heavy (non-hydrogen) atoms. The Bertz CT molecular complexity index is 659. The number of aliphatic hydroxyl groups excluding tert-OH is 1. The lowest BCUT2D eigenvalue weighted by molar-refractivity contribution is -0.130. The Hall–Kier alpha value is -2.08. The van der Waals surface area contributed by atoms with E-state index in [1.165, 1.54) is 0 Å². The van der Waals surface area contributed by atoms with Gasteiger partial charge in [0.1, 0.15) is 24.7 Å². The van der Waals surface area contributed by atoms with Crippen molar-refractivity contribution in [3.63, 3.8) is 0 Å². The summed E-state index contributed by atoms with van der Waals surface area (Å²) in [6, 6.07) is 5.52. The second-order valence-corrected chi connectivity index (χ2v) is 5.21. The van der Waals surface area contributed by atoms with Crippen molar-refractivity contribution in [2.75, 3.05) is 20.2 Å². The first kappa shape index (κ1) is 13.9. The van der Waals surface area contributed by atoms with Gasteiger partial charge in [-0.05, 0) is 25.0 Å². The Morgan fingerprint density at radius 2 is 2.14 bits per heavy atom. The van der Waals surface area contributed by atoms with Crippen molar-refractivity contribution in [2.24, 2.45) is 0 Å². The minimum Gasteiger partial charge on any atom is -0.497 e. The van der Waals surface area contributed by atoms with Crippen molar-refractivity contribution >= 4 is 16.9 Å². The molecule has 0 bridgehead atoms. The molecule has 0 radical (unpaired) electrons. The van der Waals surface area contributed by atoms with Gasteiger partial charge in [0.15, 0.2) is 0 Å². The lowest BCUT2D eigenvalue weighted by atomic mass is 10.3. The summed E-state index contributed by atoms with van der Waals surface area (Å²) in [6.45, 7) is 1.69. The predicted molar refractivity (Wildman–Crippen MR) is 78.0 cm³/mol. The van der Waals surface area contributed by atoms with Gasteiger partial charge in [0.25, 0.3) is 0 Å². The summed E-state index contributed by atoms with van der Waals surface area (Å²) in [7, 11) is 1.60. The SMILES string of the molecule is COc1ccc2c(c1)nc(CO)n2CC(=O)N1CCCC1. The molecule has 1 fully saturated rings. The van der Waals surface area contributed by atoms with Gasteiger partial charge in [0, 0.05) is 19.2 Å². The summed E-state index contributed by atoms with van der Waals surface area (Å²) in [4.78, 5) is 18.6. The van der Waals surface area contributed by atoms with Gasteiger partial charge in [-0.3, -0.25) is 4.79 Å². The zero-order valence-corrected chi connectivity index (χ0v) is 12.1. The van der Waals surface area contributed by atoms with Gasteiger partial charge < -0.3 is 19.3 Å². The van der Waals surface area contributed by atoms with Gasteiger partial charge in [-0.1, -0.05) is 0 Å². The maximum Gasteiger partial charge on any atom is 0.242 e. The molecular weight excluding hydrogens is 270 g/mol. The van der Waals surface area contributed by atoms with Crippen LogP contribution < -0.4 is 4.74 Å². The fourth-order valence-corrected chi connectivity index (χ4v) is 2.79. The number of aliphatic hydroxyl groups is 1. The Balaban J connectivity index is 1.94. The van der Waals surface area contributed by atoms with Crippen molar-refractivity contribution in [3.8, 4) is 5.75 Å². The topological polar surface area (TPSA) is 67.6 Å². The molecule has 1 aliphatic rings. The fourth-order valence-electron chi connectivity index (χ4n) is 2.79. The molecule has 6 nitrogen and oxygen atoms in total. The highest BCUT2D eigenvalue weighted by Crippen LogP contribution is 2.22. The van der Waals surface area contributed by atoms with E-state index in [9.17, 15) is 9.90 Å². The molecule has 112 valence electrons. The molecule has 1 N–H and O–H groups in total. The number of imidazole rings is 1. The van der Waals surface area contributed by atoms with Gasteiger partial charge in [0.05, 0.1) is 18.1 Å². The second-order valence-electron chi connectivity index (χ2n) is 5.21. The fraction of sp³-hybridized carbons (Fsp3) is 0.467. The van der Waals surface area contributed by atoms with Crippen LogP contribution in [0.25, 0.3) is 11.0 Å². The number of carbonyl (C=O) groups is 1.